The van der Waals surface area contributed by atoms with Crippen molar-refractivity contribution >= 4 is 28.3 Å². The van der Waals surface area contributed by atoms with Gasteiger partial charge in [0.15, 0.2) is 0 Å². The van der Waals surface area contributed by atoms with Crippen LogP contribution in [0.4, 0.5) is 11.4 Å². The second kappa shape index (κ2) is 10.5. The van der Waals surface area contributed by atoms with Gasteiger partial charge in [-0.1, -0.05) is 42.5 Å². The van der Waals surface area contributed by atoms with E-state index in [-0.39, 0.29) is 5.91 Å². The van der Waals surface area contributed by atoms with Crippen LogP contribution >= 0.6 is 0 Å². The highest BCUT2D eigenvalue weighted by atomic mass is 16.5. The van der Waals surface area contributed by atoms with Gasteiger partial charge in [-0.3, -0.25) is 4.79 Å². The Kier molecular flexibility index (Phi) is 6.61. The summed E-state index contributed by atoms with van der Waals surface area (Å²) in [4.78, 5) is 29.5. The average molecular weight is 572 g/mol. The summed E-state index contributed by atoms with van der Waals surface area (Å²) < 4.78 is 6.81. The Labute approximate surface area is 252 Å². The minimum Gasteiger partial charge on any atom is -0.456 e. The number of nitrogens with zero attached hydrogens (tertiary/aromatic N) is 4. The zero-order chi connectivity index (χ0) is 29.7. The number of ether oxygens (including phenoxy) is 1. The van der Waals surface area contributed by atoms with Gasteiger partial charge in [0.1, 0.15) is 22.9 Å². The van der Waals surface area contributed by atoms with E-state index in [1.807, 2.05) is 47.4 Å². The van der Waals surface area contributed by atoms with Crippen LogP contribution in [-0.4, -0.2) is 47.0 Å². The van der Waals surface area contributed by atoms with Gasteiger partial charge in [0.05, 0.1) is 17.6 Å². The topological polar surface area (TPSA) is 64.7 Å². The van der Waals surface area contributed by atoms with Gasteiger partial charge >= 0.3 is 0 Å². The van der Waals surface area contributed by atoms with Gasteiger partial charge in [-0.25, -0.2) is 4.98 Å². The Morgan fingerprint density at radius 1 is 0.744 bits per heavy atom. The fourth-order valence-corrected chi connectivity index (χ4v) is 7.05. The van der Waals surface area contributed by atoms with Crippen molar-refractivity contribution in [3.63, 3.8) is 0 Å². The highest BCUT2D eigenvalue weighted by Gasteiger charge is 2.56. The summed E-state index contributed by atoms with van der Waals surface area (Å²) in [5.41, 5.74) is 6.74. The third-order valence-electron chi connectivity index (χ3n) is 9.13. The smallest absolute Gasteiger partial charge is 0.255 e. The number of carbonyl (C=O) groups is 1. The van der Waals surface area contributed by atoms with Crippen molar-refractivity contribution in [3.05, 3.63) is 113 Å². The zero-order valence-electron chi connectivity index (χ0n) is 25.2. The summed E-state index contributed by atoms with van der Waals surface area (Å²) >= 11 is 0. The number of imidazole rings is 1. The number of carbonyl (C=O) groups excluding carboxylic acids is 1. The Morgan fingerprint density at radius 2 is 1.33 bits per heavy atom. The lowest BCUT2D eigenvalue weighted by atomic mass is 9.74. The molecule has 7 nitrogen and oxygen atoms in total. The number of anilines is 2. The van der Waals surface area contributed by atoms with Gasteiger partial charge in [-0.05, 0) is 63.6 Å². The Bertz CT molecular complexity index is 1740. The van der Waals surface area contributed by atoms with Crippen molar-refractivity contribution in [2.45, 2.75) is 39.8 Å². The fraction of sp³-hybridized carbons (Fsp3) is 0.278. The number of aromatic nitrogens is 2. The van der Waals surface area contributed by atoms with Gasteiger partial charge in [-0.15, -0.1) is 0 Å². The molecular weight excluding hydrogens is 534 g/mol. The second-order valence-corrected chi connectivity index (χ2v) is 11.2. The minimum absolute atomic E-state index is 0.0181. The molecule has 7 heteroatoms. The van der Waals surface area contributed by atoms with Crippen molar-refractivity contribution in [2.24, 2.45) is 0 Å². The molecule has 0 saturated heterocycles. The highest BCUT2D eigenvalue weighted by Crippen LogP contribution is 2.58. The van der Waals surface area contributed by atoms with Crippen molar-refractivity contribution in [2.75, 3.05) is 36.0 Å². The van der Waals surface area contributed by atoms with E-state index >= 15 is 0 Å². The second-order valence-electron chi connectivity index (χ2n) is 11.2. The molecule has 0 radical (unpaired) electrons. The summed E-state index contributed by atoms with van der Waals surface area (Å²) in [5.74, 6) is 2.27. The third kappa shape index (κ3) is 4.02. The molecule has 3 heterocycles. The number of hydrogen-bond donors (Lipinski definition) is 1. The van der Waals surface area contributed by atoms with Gasteiger partial charge in [0.25, 0.3) is 5.91 Å². The lowest BCUT2D eigenvalue weighted by molar-refractivity contribution is 0.0640. The normalized spacial score (nSPS) is 14.4. The fourth-order valence-electron chi connectivity index (χ4n) is 7.05. The minimum atomic E-state index is -0.890. The number of nitrogens with one attached hydrogen (secondary N) is 1. The summed E-state index contributed by atoms with van der Waals surface area (Å²) in [6, 6.07) is 28.9. The van der Waals surface area contributed by atoms with Crippen LogP contribution in [-0.2, 0) is 12.1 Å². The molecular formula is C36H37N5O2. The van der Waals surface area contributed by atoms with Crippen LogP contribution in [0.5, 0.6) is 11.5 Å². The Hall–Kier alpha value is -4.78. The first-order valence-electron chi connectivity index (χ1n) is 15.3. The van der Waals surface area contributed by atoms with Crippen molar-refractivity contribution in [1.82, 2.24) is 14.9 Å². The third-order valence-corrected chi connectivity index (χ3v) is 9.13. The number of para-hydroxylation sites is 2. The maximum atomic E-state index is 14.5. The number of aromatic amines is 1. The van der Waals surface area contributed by atoms with Gasteiger partial charge < -0.3 is 24.4 Å². The number of H-pyrrole nitrogens is 1. The first-order chi connectivity index (χ1) is 21.0. The van der Waals surface area contributed by atoms with Gasteiger partial charge in [0.2, 0.25) is 0 Å². The van der Waals surface area contributed by atoms with Gasteiger partial charge in [-0.2, -0.15) is 0 Å². The van der Waals surface area contributed by atoms with E-state index in [9.17, 15) is 4.79 Å². The SMILES string of the molecule is CCN(CC)c1ccc2c(c1)Oc1cc(N(CC)CC)ccc1C21c2ccccc2C(=O)N1Cc1nc2ccccc2[nH]1. The molecule has 4 aromatic carbocycles. The average Bonchev–Trinajstić information content (AvgIpc) is 3.56. The van der Waals surface area contributed by atoms with E-state index in [0.717, 1.165) is 82.6 Å². The van der Waals surface area contributed by atoms with Crippen LogP contribution in [0.2, 0.25) is 0 Å². The quantitative estimate of drug-likeness (QED) is 0.212. The van der Waals surface area contributed by atoms with Crippen molar-refractivity contribution in [3.8, 4) is 11.5 Å². The van der Waals surface area contributed by atoms with Crippen LogP contribution in [0, 0.1) is 0 Å². The van der Waals surface area contributed by atoms with Crippen molar-refractivity contribution in [1.29, 1.82) is 0 Å². The van der Waals surface area contributed by atoms with E-state index in [2.05, 4.69) is 84.9 Å². The molecule has 2 aliphatic rings. The Balaban J connectivity index is 1.50. The molecule has 1 spiro atoms. The molecule has 1 aromatic heterocycles. The molecule has 5 aromatic rings. The lowest BCUT2D eigenvalue weighted by Gasteiger charge is -2.44. The number of benzene rings is 4. The molecule has 0 atom stereocenters. The van der Waals surface area contributed by atoms with Crippen LogP contribution in [0.1, 0.15) is 60.6 Å². The molecule has 0 saturated carbocycles. The first kappa shape index (κ1) is 27.1. The standard InChI is InChI=1S/C36H37N5O2/c1-5-39(6-2)24-17-19-28-32(21-24)43-33-22-25(40(7-3)8-4)18-20-29(33)36(28)27-14-10-9-13-26(27)35(42)41(36)23-34-37-30-15-11-12-16-31(30)38-34/h9-22H,5-8,23H2,1-4H3,(H,37,38). The van der Waals surface area contributed by atoms with Crippen LogP contribution < -0.4 is 14.5 Å². The summed E-state index contributed by atoms with van der Waals surface area (Å²) in [7, 11) is 0. The molecule has 43 heavy (non-hydrogen) atoms. The van der Waals surface area contributed by atoms with Crippen LogP contribution in [0.3, 0.4) is 0 Å². The number of hydrogen-bond acceptors (Lipinski definition) is 5. The number of rotatable bonds is 8. The van der Waals surface area contributed by atoms with E-state index in [4.69, 9.17) is 9.72 Å². The van der Waals surface area contributed by atoms with E-state index in [0.29, 0.717) is 12.1 Å². The first-order valence-corrected chi connectivity index (χ1v) is 15.3. The molecule has 1 N–H and O–H groups in total. The number of amides is 1. The molecule has 2 aliphatic heterocycles. The predicted molar refractivity (Wildman–Crippen MR) is 172 cm³/mol. The summed E-state index contributed by atoms with van der Waals surface area (Å²) in [6.45, 7) is 12.5. The number of fused-ring (bicyclic) bond motifs is 7. The molecule has 1 amide bonds. The molecule has 0 aliphatic carbocycles. The molecule has 0 fully saturated rings. The molecule has 218 valence electrons. The van der Waals surface area contributed by atoms with Gasteiger partial charge in [0, 0.05) is 66.4 Å². The summed E-state index contributed by atoms with van der Waals surface area (Å²) in [5, 5.41) is 0. The van der Waals surface area contributed by atoms with E-state index < -0.39 is 5.54 Å². The largest absolute Gasteiger partial charge is 0.456 e. The summed E-state index contributed by atoms with van der Waals surface area (Å²) in [6.07, 6.45) is 0. The zero-order valence-corrected chi connectivity index (χ0v) is 25.2. The Morgan fingerprint density at radius 3 is 1.93 bits per heavy atom. The monoisotopic (exact) mass is 571 g/mol. The van der Waals surface area contributed by atoms with Crippen molar-refractivity contribution < 1.29 is 9.53 Å². The molecule has 0 bridgehead atoms. The highest BCUT2D eigenvalue weighted by molar-refractivity contribution is 6.02. The lowest BCUT2D eigenvalue weighted by Crippen LogP contribution is -2.47. The maximum Gasteiger partial charge on any atom is 0.255 e. The van der Waals surface area contributed by atoms with E-state index in [1.54, 1.807) is 0 Å². The molecule has 7 rings (SSSR count). The molecule has 0 unspecified atom stereocenters. The van der Waals surface area contributed by atoms with Crippen LogP contribution in [0.25, 0.3) is 11.0 Å². The maximum absolute atomic E-state index is 14.5. The predicted octanol–water partition coefficient (Wildman–Crippen LogP) is 7.31. The van der Waals surface area contributed by atoms with E-state index in [1.165, 1.54) is 0 Å². The van der Waals surface area contributed by atoms with Crippen LogP contribution in [0.15, 0.2) is 84.9 Å².